The van der Waals surface area contributed by atoms with Crippen molar-refractivity contribution < 1.29 is 14.6 Å². The Kier molecular flexibility index (Phi) is 5.64. The molecule has 3 nitrogen and oxygen atoms in total. The summed E-state index contributed by atoms with van der Waals surface area (Å²) in [5.74, 6) is 0.0877. The number of methoxy groups -OCH3 is 1. The van der Waals surface area contributed by atoms with Gasteiger partial charge < -0.3 is 9.84 Å². The summed E-state index contributed by atoms with van der Waals surface area (Å²) in [7, 11) is 1.74. The molecule has 0 bridgehead atoms. The van der Waals surface area contributed by atoms with Crippen molar-refractivity contribution in [2.24, 2.45) is 11.3 Å². The van der Waals surface area contributed by atoms with Gasteiger partial charge in [-0.3, -0.25) is 4.79 Å². The molecule has 3 aliphatic carbocycles. The lowest BCUT2D eigenvalue weighted by Crippen LogP contribution is -2.40. The van der Waals surface area contributed by atoms with Crippen molar-refractivity contribution >= 4 is 28.4 Å². The van der Waals surface area contributed by atoms with Gasteiger partial charge in [0.05, 0.1) is 10.0 Å². The number of allylic oxidation sites excluding steroid dienone is 2. The number of rotatable bonds is 4. The quantitative estimate of drug-likeness (QED) is 0.272. The van der Waals surface area contributed by atoms with Crippen LogP contribution in [0.5, 0.6) is 0 Å². The van der Waals surface area contributed by atoms with E-state index in [0.29, 0.717) is 18.1 Å². The molecule has 154 valence electrons. The SMILES string of the molecule is C=C1C(=O)[C@H](O)C2=C(Cc3ccccc3)CC[C@]2(C)/C=C2/[C@@H](COC)CCC12I. The minimum absolute atomic E-state index is 0.211. The van der Waals surface area contributed by atoms with Crippen LogP contribution in [0.3, 0.4) is 0 Å². The average Bonchev–Trinajstić information content (AvgIpc) is 3.19. The molecule has 0 aliphatic heterocycles. The molecule has 1 fully saturated rings. The van der Waals surface area contributed by atoms with Crippen LogP contribution < -0.4 is 0 Å². The lowest BCUT2D eigenvalue weighted by molar-refractivity contribution is -0.122. The van der Waals surface area contributed by atoms with Crippen molar-refractivity contribution in [3.8, 4) is 0 Å². The molecule has 0 heterocycles. The van der Waals surface area contributed by atoms with Gasteiger partial charge in [-0.25, -0.2) is 0 Å². The maximum Gasteiger partial charge on any atom is 0.192 e. The highest BCUT2D eigenvalue weighted by atomic mass is 127. The highest BCUT2D eigenvalue weighted by molar-refractivity contribution is 14.1. The Balaban J connectivity index is 1.85. The number of benzene rings is 1. The van der Waals surface area contributed by atoms with E-state index in [2.05, 4.69) is 54.3 Å². The molecule has 0 aromatic heterocycles. The molecule has 0 spiro atoms. The number of carbonyl (C=O) groups excluding carboxylic acids is 1. The van der Waals surface area contributed by atoms with E-state index in [0.717, 1.165) is 37.7 Å². The Hall–Kier alpha value is -1.24. The minimum atomic E-state index is -1.10. The zero-order valence-electron chi connectivity index (χ0n) is 17.2. The summed E-state index contributed by atoms with van der Waals surface area (Å²) >= 11 is 2.40. The molecule has 0 radical (unpaired) electrons. The topological polar surface area (TPSA) is 46.5 Å². The van der Waals surface area contributed by atoms with E-state index in [1.54, 1.807) is 7.11 Å². The predicted octanol–water partition coefficient (Wildman–Crippen LogP) is 4.98. The third-order valence-corrected chi connectivity index (χ3v) is 8.89. The number of hydrogen-bond donors (Lipinski definition) is 1. The average molecular weight is 504 g/mol. The van der Waals surface area contributed by atoms with Crippen LogP contribution >= 0.6 is 22.6 Å². The number of alkyl halides is 1. The fraction of sp³-hybridized carbons (Fsp3) is 0.480. The number of aliphatic hydroxyl groups is 1. The van der Waals surface area contributed by atoms with Crippen molar-refractivity contribution in [1.29, 1.82) is 0 Å². The summed E-state index contributed by atoms with van der Waals surface area (Å²) in [6, 6.07) is 10.3. The van der Waals surface area contributed by atoms with Crippen molar-refractivity contribution in [2.45, 2.75) is 48.6 Å². The fourth-order valence-corrected chi connectivity index (χ4v) is 6.70. The van der Waals surface area contributed by atoms with Crippen LogP contribution in [0.15, 0.2) is 65.3 Å². The van der Waals surface area contributed by atoms with Gasteiger partial charge in [0.15, 0.2) is 5.78 Å². The van der Waals surface area contributed by atoms with Crippen LogP contribution in [0.25, 0.3) is 0 Å². The van der Waals surface area contributed by atoms with E-state index in [4.69, 9.17) is 4.74 Å². The summed E-state index contributed by atoms with van der Waals surface area (Å²) in [4.78, 5) is 13.3. The maximum atomic E-state index is 13.3. The smallest absolute Gasteiger partial charge is 0.192 e. The first kappa shape index (κ1) is 21.0. The number of fused-ring (bicyclic) bond motifs is 2. The fourth-order valence-electron chi connectivity index (χ4n) is 5.53. The molecule has 29 heavy (non-hydrogen) atoms. The van der Waals surface area contributed by atoms with Crippen LogP contribution in [-0.2, 0) is 16.0 Å². The molecule has 1 aromatic carbocycles. The third kappa shape index (κ3) is 3.47. The van der Waals surface area contributed by atoms with Crippen molar-refractivity contribution in [3.63, 3.8) is 0 Å². The number of halogens is 1. The summed E-state index contributed by atoms with van der Waals surface area (Å²) in [6.45, 7) is 7.03. The highest BCUT2D eigenvalue weighted by Gasteiger charge is 2.52. The van der Waals surface area contributed by atoms with E-state index in [1.807, 2.05) is 18.2 Å². The third-order valence-electron chi connectivity index (χ3n) is 7.08. The first-order valence-electron chi connectivity index (χ1n) is 10.4. The Morgan fingerprint density at radius 3 is 2.69 bits per heavy atom. The Labute approximate surface area is 187 Å². The molecule has 1 saturated carbocycles. The van der Waals surface area contributed by atoms with Gasteiger partial charge in [0.2, 0.25) is 0 Å². The second-order valence-electron chi connectivity index (χ2n) is 8.93. The molecule has 4 rings (SSSR count). The van der Waals surface area contributed by atoms with Crippen LogP contribution in [0.1, 0.15) is 38.2 Å². The van der Waals surface area contributed by atoms with Gasteiger partial charge in [-0.15, -0.1) is 0 Å². The van der Waals surface area contributed by atoms with Gasteiger partial charge in [0.1, 0.15) is 6.10 Å². The van der Waals surface area contributed by atoms with Gasteiger partial charge in [0.25, 0.3) is 0 Å². The Morgan fingerprint density at radius 1 is 1.28 bits per heavy atom. The van der Waals surface area contributed by atoms with Gasteiger partial charge in [-0.2, -0.15) is 0 Å². The standard InChI is InChI=1S/C25H29IO3/c1-16-22(27)23(28)21-18(13-17-7-5-4-6-8-17)9-11-24(21,2)14-20-19(15-29-3)10-12-25(16,20)26/h4-8,14,19,23,28H,1,9-13,15H2,2-3H3/b20-14-/t19-,23-,24-,25?/m1/s1. The lowest BCUT2D eigenvalue weighted by Gasteiger charge is -2.38. The van der Waals surface area contributed by atoms with E-state index >= 15 is 0 Å². The molecule has 1 N–H and O–H groups in total. The summed E-state index contributed by atoms with van der Waals surface area (Å²) in [6.07, 6.45) is 5.74. The van der Waals surface area contributed by atoms with Crippen LogP contribution in [-0.4, -0.2) is 34.1 Å². The van der Waals surface area contributed by atoms with E-state index in [-0.39, 0.29) is 11.2 Å². The van der Waals surface area contributed by atoms with Crippen LogP contribution in [0.2, 0.25) is 0 Å². The van der Waals surface area contributed by atoms with Gasteiger partial charge in [0, 0.05) is 24.0 Å². The van der Waals surface area contributed by atoms with Gasteiger partial charge >= 0.3 is 0 Å². The molecule has 4 atom stereocenters. The molecule has 1 unspecified atom stereocenters. The van der Waals surface area contributed by atoms with Crippen LogP contribution in [0, 0.1) is 11.3 Å². The van der Waals surface area contributed by atoms with Crippen molar-refractivity contribution in [3.05, 3.63) is 70.8 Å². The minimum Gasteiger partial charge on any atom is -0.384 e. The summed E-state index contributed by atoms with van der Waals surface area (Å²) < 4.78 is 5.09. The monoisotopic (exact) mass is 504 g/mol. The second-order valence-corrected chi connectivity index (χ2v) is 10.8. The Bertz CT molecular complexity index is 900. The van der Waals surface area contributed by atoms with Crippen LogP contribution in [0.4, 0.5) is 0 Å². The van der Waals surface area contributed by atoms with E-state index in [1.165, 1.54) is 16.7 Å². The second kappa shape index (κ2) is 7.78. The molecular weight excluding hydrogens is 475 g/mol. The number of aliphatic hydroxyl groups excluding tert-OH is 1. The summed E-state index contributed by atoms with van der Waals surface area (Å²) in [5, 5.41) is 11.2. The molecule has 0 saturated heterocycles. The van der Waals surface area contributed by atoms with Gasteiger partial charge in [-0.05, 0) is 48.8 Å². The first-order chi connectivity index (χ1) is 13.8. The zero-order chi connectivity index (χ0) is 20.8. The molecular formula is C25H29IO3. The molecule has 0 amide bonds. The number of Topliss-reactive ketones (excluding diaryl/α,β-unsaturated/α-hetero) is 1. The maximum absolute atomic E-state index is 13.3. The molecule has 3 aliphatic rings. The highest BCUT2D eigenvalue weighted by Crippen LogP contribution is 2.57. The molecule has 4 heteroatoms. The summed E-state index contributed by atoms with van der Waals surface area (Å²) in [5.41, 5.74) is 4.83. The van der Waals surface area contributed by atoms with Gasteiger partial charge in [-0.1, -0.05) is 78.1 Å². The van der Waals surface area contributed by atoms with E-state index < -0.39 is 9.53 Å². The van der Waals surface area contributed by atoms with Crippen molar-refractivity contribution in [1.82, 2.24) is 0 Å². The Morgan fingerprint density at radius 2 is 2.00 bits per heavy atom. The number of hydrogen-bond acceptors (Lipinski definition) is 3. The zero-order valence-corrected chi connectivity index (χ0v) is 19.4. The number of ketones is 1. The van der Waals surface area contributed by atoms with Crippen molar-refractivity contribution in [2.75, 3.05) is 13.7 Å². The number of ether oxygens (including phenoxy) is 1. The molecule has 1 aromatic rings. The normalized spacial score (nSPS) is 36.3. The largest absolute Gasteiger partial charge is 0.384 e. The predicted molar refractivity (Wildman–Crippen MR) is 124 cm³/mol. The van der Waals surface area contributed by atoms with E-state index in [9.17, 15) is 9.90 Å². The number of carbonyl (C=O) groups is 1. The lowest BCUT2D eigenvalue weighted by atomic mass is 9.71. The first-order valence-corrected chi connectivity index (χ1v) is 11.5.